The van der Waals surface area contributed by atoms with E-state index in [9.17, 15) is 0 Å². The molecule has 0 spiro atoms. The van der Waals surface area contributed by atoms with E-state index in [1.807, 2.05) is 24.3 Å². The Balaban J connectivity index is 1.78. The minimum atomic E-state index is -0.0127. The maximum atomic E-state index is 5.81. The highest BCUT2D eigenvalue weighted by Gasteiger charge is 2.20. The zero-order valence-corrected chi connectivity index (χ0v) is 11.3. The van der Waals surface area contributed by atoms with Gasteiger partial charge in [0.05, 0.1) is 6.54 Å². The Morgan fingerprint density at radius 1 is 1.33 bits per heavy atom. The van der Waals surface area contributed by atoms with E-state index < -0.39 is 0 Å². The lowest BCUT2D eigenvalue weighted by molar-refractivity contribution is 0.0937. The van der Waals surface area contributed by atoms with Crippen LogP contribution in [0.3, 0.4) is 0 Å². The molecular formula is C13H18N2O2S. The van der Waals surface area contributed by atoms with Crippen molar-refractivity contribution in [2.75, 3.05) is 19.7 Å². The molecule has 1 aromatic carbocycles. The quantitative estimate of drug-likeness (QED) is 0.812. The van der Waals surface area contributed by atoms with Crippen LogP contribution in [0.2, 0.25) is 0 Å². The Hall–Kier alpha value is -1.49. The summed E-state index contributed by atoms with van der Waals surface area (Å²) in [5, 5.41) is 6.91. The van der Waals surface area contributed by atoms with Gasteiger partial charge in [0.15, 0.2) is 16.6 Å². The Morgan fingerprint density at radius 3 is 2.89 bits per heavy atom. The molecule has 1 aliphatic heterocycles. The van der Waals surface area contributed by atoms with Crippen LogP contribution < -0.4 is 20.1 Å². The molecule has 0 unspecified atom stereocenters. The van der Waals surface area contributed by atoms with Crippen molar-refractivity contribution in [1.29, 1.82) is 0 Å². The number of benzene rings is 1. The molecule has 5 heteroatoms. The molecule has 98 valence electrons. The molecule has 4 nitrogen and oxygen atoms in total. The molecule has 0 radical (unpaired) electrons. The predicted octanol–water partition coefficient (Wildman–Crippen LogP) is 1.70. The Labute approximate surface area is 113 Å². The summed E-state index contributed by atoms with van der Waals surface area (Å²) < 4.78 is 11.4. The first-order valence-electron chi connectivity index (χ1n) is 6.19. The molecule has 0 saturated carbocycles. The van der Waals surface area contributed by atoms with Gasteiger partial charge in [-0.25, -0.2) is 0 Å². The topological polar surface area (TPSA) is 42.5 Å². The zero-order chi connectivity index (χ0) is 12.8. The van der Waals surface area contributed by atoms with Gasteiger partial charge in [-0.15, -0.1) is 0 Å². The Morgan fingerprint density at radius 2 is 2.11 bits per heavy atom. The summed E-state index contributed by atoms with van der Waals surface area (Å²) in [7, 11) is 0. The van der Waals surface area contributed by atoms with Crippen molar-refractivity contribution in [2.45, 2.75) is 19.4 Å². The Bertz CT molecular complexity index is 412. The molecular weight excluding hydrogens is 248 g/mol. The summed E-state index contributed by atoms with van der Waals surface area (Å²) >= 11 is 5.15. The molecule has 1 aliphatic rings. The van der Waals surface area contributed by atoms with Crippen molar-refractivity contribution in [2.24, 2.45) is 0 Å². The second-order valence-electron chi connectivity index (χ2n) is 4.13. The highest BCUT2D eigenvalue weighted by atomic mass is 32.1. The van der Waals surface area contributed by atoms with Crippen LogP contribution >= 0.6 is 12.2 Å². The first-order valence-corrected chi connectivity index (χ1v) is 6.60. The molecule has 0 saturated heterocycles. The van der Waals surface area contributed by atoms with E-state index in [0.717, 1.165) is 24.5 Å². The fourth-order valence-corrected chi connectivity index (χ4v) is 1.86. The molecule has 1 atom stereocenters. The molecule has 0 aliphatic carbocycles. The smallest absolute Gasteiger partial charge is 0.166 e. The van der Waals surface area contributed by atoms with Crippen LogP contribution in [0.1, 0.15) is 13.3 Å². The summed E-state index contributed by atoms with van der Waals surface area (Å²) in [6, 6.07) is 7.69. The number of para-hydroxylation sites is 2. The van der Waals surface area contributed by atoms with Crippen LogP contribution in [0.15, 0.2) is 24.3 Å². The number of ether oxygens (including phenoxy) is 2. The molecule has 2 N–H and O–H groups in total. The third kappa shape index (κ3) is 3.50. The summed E-state index contributed by atoms with van der Waals surface area (Å²) in [4.78, 5) is 0. The van der Waals surface area contributed by atoms with Gasteiger partial charge in [-0.1, -0.05) is 19.1 Å². The van der Waals surface area contributed by atoms with Gasteiger partial charge in [0.1, 0.15) is 12.7 Å². The number of thiocarbonyl (C=S) groups is 1. The SMILES string of the molecule is CCCNC(=S)NC[C@@H]1COc2ccccc2O1. The lowest BCUT2D eigenvalue weighted by Gasteiger charge is -2.26. The standard InChI is InChI=1S/C13H18N2O2S/c1-2-7-14-13(18)15-8-10-9-16-11-5-3-4-6-12(11)17-10/h3-6,10H,2,7-9H2,1H3,(H2,14,15,18)/t10-/m1/s1. The van der Waals surface area contributed by atoms with Crippen molar-refractivity contribution in [1.82, 2.24) is 10.6 Å². The van der Waals surface area contributed by atoms with Crippen molar-refractivity contribution < 1.29 is 9.47 Å². The fraction of sp³-hybridized carbons (Fsp3) is 0.462. The monoisotopic (exact) mass is 266 g/mol. The normalized spacial score (nSPS) is 17.1. The maximum Gasteiger partial charge on any atom is 0.166 e. The van der Waals surface area contributed by atoms with Gasteiger partial charge < -0.3 is 20.1 Å². The molecule has 0 amide bonds. The van der Waals surface area contributed by atoms with Crippen molar-refractivity contribution in [3.63, 3.8) is 0 Å². The van der Waals surface area contributed by atoms with Gasteiger partial charge in [-0.05, 0) is 30.8 Å². The summed E-state index contributed by atoms with van der Waals surface area (Å²) in [6.07, 6.45) is 1.04. The van der Waals surface area contributed by atoms with Gasteiger partial charge in [0.25, 0.3) is 0 Å². The first kappa shape index (κ1) is 13.0. The largest absolute Gasteiger partial charge is 0.486 e. The lowest BCUT2D eigenvalue weighted by Crippen LogP contribution is -2.44. The number of hydrogen-bond donors (Lipinski definition) is 2. The summed E-state index contributed by atoms with van der Waals surface area (Å²) in [6.45, 7) is 4.17. The molecule has 0 fully saturated rings. The molecule has 18 heavy (non-hydrogen) atoms. The molecule has 0 bridgehead atoms. The van der Waals surface area contributed by atoms with E-state index in [0.29, 0.717) is 18.3 Å². The third-order valence-corrected chi connectivity index (χ3v) is 2.88. The van der Waals surface area contributed by atoms with Gasteiger partial charge in [-0.3, -0.25) is 0 Å². The number of hydrogen-bond acceptors (Lipinski definition) is 3. The first-order chi connectivity index (χ1) is 8.79. The van der Waals surface area contributed by atoms with Crippen LogP contribution in [-0.2, 0) is 0 Å². The molecule has 1 heterocycles. The van der Waals surface area contributed by atoms with Gasteiger partial charge in [0.2, 0.25) is 0 Å². The maximum absolute atomic E-state index is 5.81. The minimum absolute atomic E-state index is 0.0127. The second kappa shape index (κ2) is 6.44. The van der Waals surface area contributed by atoms with Crippen LogP contribution in [-0.4, -0.2) is 30.9 Å². The molecule has 2 rings (SSSR count). The van der Waals surface area contributed by atoms with E-state index in [-0.39, 0.29) is 6.10 Å². The second-order valence-corrected chi connectivity index (χ2v) is 4.54. The van der Waals surface area contributed by atoms with Gasteiger partial charge in [-0.2, -0.15) is 0 Å². The van der Waals surface area contributed by atoms with Crippen molar-refractivity contribution in [3.8, 4) is 11.5 Å². The van der Waals surface area contributed by atoms with Crippen molar-refractivity contribution >= 4 is 17.3 Å². The number of fused-ring (bicyclic) bond motifs is 1. The van der Waals surface area contributed by atoms with E-state index >= 15 is 0 Å². The molecule has 0 aromatic heterocycles. The third-order valence-electron chi connectivity index (χ3n) is 2.59. The van der Waals surface area contributed by atoms with Crippen LogP contribution in [0, 0.1) is 0 Å². The van der Waals surface area contributed by atoms with Gasteiger partial charge in [0, 0.05) is 6.54 Å². The Kier molecular flexibility index (Phi) is 4.64. The van der Waals surface area contributed by atoms with E-state index in [4.69, 9.17) is 21.7 Å². The number of rotatable bonds is 4. The van der Waals surface area contributed by atoms with Gasteiger partial charge >= 0.3 is 0 Å². The number of nitrogens with one attached hydrogen (secondary N) is 2. The van der Waals surface area contributed by atoms with E-state index in [1.54, 1.807) is 0 Å². The predicted molar refractivity (Wildman–Crippen MR) is 75.2 cm³/mol. The summed E-state index contributed by atoms with van der Waals surface area (Å²) in [5.74, 6) is 1.60. The molecule has 1 aromatic rings. The fourth-order valence-electron chi connectivity index (χ4n) is 1.67. The van der Waals surface area contributed by atoms with Crippen LogP contribution in [0.5, 0.6) is 11.5 Å². The van der Waals surface area contributed by atoms with E-state index in [1.165, 1.54) is 0 Å². The average molecular weight is 266 g/mol. The van der Waals surface area contributed by atoms with Crippen molar-refractivity contribution in [3.05, 3.63) is 24.3 Å². The highest BCUT2D eigenvalue weighted by Crippen LogP contribution is 2.30. The lowest BCUT2D eigenvalue weighted by atomic mass is 10.2. The average Bonchev–Trinajstić information content (AvgIpc) is 2.42. The van der Waals surface area contributed by atoms with Crippen LogP contribution in [0.4, 0.5) is 0 Å². The van der Waals surface area contributed by atoms with E-state index in [2.05, 4.69) is 17.6 Å². The minimum Gasteiger partial charge on any atom is -0.486 e. The highest BCUT2D eigenvalue weighted by molar-refractivity contribution is 7.80. The summed E-state index contributed by atoms with van der Waals surface area (Å²) in [5.41, 5.74) is 0. The van der Waals surface area contributed by atoms with Crippen LogP contribution in [0.25, 0.3) is 0 Å². The zero-order valence-electron chi connectivity index (χ0n) is 10.4.